The number of carbonyl (C=O) groups excluding carboxylic acids is 1. The van der Waals surface area contributed by atoms with Crippen LogP contribution in [0.2, 0.25) is 0 Å². The molecule has 12 heavy (non-hydrogen) atoms. The van der Waals surface area contributed by atoms with E-state index in [9.17, 15) is 4.79 Å². The summed E-state index contributed by atoms with van der Waals surface area (Å²) in [5, 5.41) is 5.41. The summed E-state index contributed by atoms with van der Waals surface area (Å²) in [6.07, 6.45) is 1.68. The molecule has 0 aliphatic carbocycles. The van der Waals surface area contributed by atoms with Crippen LogP contribution in [-0.4, -0.2) is 19.1 Å². The normalized spacial score (nSPS) is 8.17. The first kappa shape index (κ1) is 10.8. The summed E-state index contributed by atoms with van der Waals surface area (Å²) < 4.78 is 0. The Morgan fingerprint density at radius 1 is 1.33 bits per heavy atom. The predicted molar refractivity (Wildman–Crippen MR) is 49.8 cm³/mol. The van der Waals surface area contributed by atoms with Gasteiger partial charge in [0.2, 0.25) is 0 Å². The van der Waals surface area contributed by atoms with Crippen LogP contribution in [0.25, 0.3) is 0 Å². The van der Waals surface area contributed by atoms with E-state index in [2.05, 4.69) is 22.5 Å². The Balaban J connectivity index is 3.23. The van der Waals surface area contributed by atoms with Gasteiger partial charge in [-0.2, -0.15) is 0 Å². The number of hydrogen-bond donors (Lipinski definition) is 2. The van der Waals surface area contributed by atoms with Gasteiger partial charge in [0.05, 0.1) is 0 Å². The summed E-state index contributed by atoms with van der Waals surface area (Å²) in [6.45, 7) is 5.15. The topological polar surface area (TPSA) is 41.1 Å². The van der Waals surface area contributed by atoms with Crippen LogP contribution in [0.1, 0.15) is 26.7 Å². The zero-order valence-electron chi connectivity index (χ0n) is 7.74. The molecule has 0 aromatic carbocycles. The first-order valence-electron chi connectivity index (χ1n) is 4.22. The summed E-state index contributed by atoms with van der Waals surface area (Å²) >= 11 is 0. The highest BCUT2D eigenvalue weighted by Crippen LogP contribution is 1.74. The third kappa shape index (κ3) is 6.94. The smallest absolute Gasteiger partial charge is 0.314 e. The highest BCUT2D eigenvalue weighted by molar-refractivity contribution is 5.73. The third-order valence-corrected chi connectivity index (χ3v) is 1.25. The summed E-state index contributed by atoms with van der Waals surface area (Å²) in [6, 6.07) is -0.102. The largest absolute Gasteiger partial charge is 0.338 e. The van der Waals surface area contributed by atoms with Gasteiger partial charge in [-0.3, -0.25) is 0 Å². The molecule has 0 bridgehead atoms. The lowest BCUT2D eigenvalue weighted by molar-refractivity contribution is 0.241. The van der Waals surface area contributed by atoms with Crippen molar-refractivity contribution in [2.24, 2.45) is 0 Å². The van der Waals surface area contributed by atoms with Crippen molar-refractivity contribution >= 4 is 6.03 Å². The number of nitrogens with one attached hydrogen (secondary N) is 2. The summed E-state index contributed by atoms with van der Waals surface area (Å²) in [7, 11) is 0. The maximum absolute atomic E-state index is 10.9. The number of amides is 2. The first-order valence-corrected chi connectivity index (χ1v) is 4.22. The van der Waals surface area contributed by atoms with Crippen LogP contribution in [0.15, 0.2) is 0 Å². The lowest BCUT2D eigenvalue weighted by atomic mass is 10.4. The lowest BCUT2D eigenvalue weighted by Crippen LogP contribution is -2.36. The molecular weight excluding hydrogens is 152 g/mol. The molecule has 0 atom stereocenters. The minimum absolute atomic E-state index is 0.102. The van der Waals surface area contributed by atoms with Crippen molar-refractivity contribution in [3.63, 3.8) is 0 Å². The second-order valence-electron chi connectivity index (χ2n) is 2.36. The van der Waals surface area contributed by atoms with E-state index in [1.54, 1.807) is 6.92 Å². The Bertz CT molecular complexity index is 179. The maximum Gasteiger partial charge on any atom is 0.314 e. The minimum Gasteiger partial charge on any atom is -0.338 e. The molecule has 3 heteroatoms. The molecule has 0 rings (SSSR count). The second kappa shape index (κ2) is 7.93. The van der Waals surface area contributed by atoms with Gasteiger partial charge in [-0.05, 0) is 13.3 Å². The van der Waals surface area contributed by atoms with Gasteiger partial charge in [0.25, 0.3) is 0 Å². The van der Waals surface area contributed by atoms with E-state index in [4.69, 9.17) is 0 Å². The van der Waals surface area contributed by atoms with Gasteiger partial charge >= 0.3 is 6.03 Å². The Labute approximate surface area is 73.9 Å². The fourth-order valence-electron chi connectivity index (χ4n) is 0.665. The molecule has 0 spiro atoms. The average Bonchev–Trinajstić information content (AvgIpc) is 2.09. The van der Waals surface area contributed by atoms with Gasteiger partial charge in [0.15, 0.2) is 0 Å². The van der Waals surface area contributed by atoms with Gasteiger partial charge in [-0.25, -0.2) is 4.79 Å². The Kier molecular flexibility index (Phi) is 7.16. The van der Waals surface area contributed by atoms with Crippen molar-refractivity contribution in [2.75, 3.05) is 13.1 Å². The monoisotopic (exact) mass is 168 g/mol. The highest BCUT2D eigenvalue weighted by Gasteiger charge is 1.94. The molecule has 2 N–H and O–H groups in total. The zero-order chi connectivity index (χ0) is 9.23. The summed E-state index contributed by atoms with van der Waals surface area (Å²) in [5.74, 6) is 5.63. The minimum atomic E-state index is -0.102. The Hall–Kier alpha value is -1.17. The molecule has 0 aromatic rings. The number of carbonyl (C=O) groups is 1. The van der Waals surface area contributed by atoms with E-state index in [1.807, 2.05) is 6.92 Å². The Morgan fingerprint density at radius 3 is 2.58 bits per heavy atom. The molecule has 2 amide bonds. The van der Waals surface area contributed by atoms with E-state index >= 15 is 0 Å². The Morgan fingerprint density at radius 2 is 2.00 bits per heavy atom. The second-order valence-corrected chi connectivity index (χ2v) is 2.36. The van der Waals surface area contributed by atoms with Crippen molar-refractivity contribution in [2.45, 2.75) is 26.7 Å². The van der Waals surface area contributed by atoms with E-state index in [-0.39, 0.29) is 6.03 Å². The molecule has 0 saturated carbocycles. The average molecular weight is 168 g/mol. The summed E-state index contributed by atoms with van der Waals surface area (Å²) in [5.41, 5.74) is 0. The molecule has 0 radical (unpaired) electrons. The van der Waals surface area contributed by atoms with E-state index in [0.29, 0.717) is 6.54 Å². The van der Waals surface area contributed by atoms with Crippen molar-refractivity contribution in [1.29, 1.82) is 0 Å². The van der Waals surface area contributed by atoms with E-state index in [0.717, 1.165) is 19.4 Å². The third-order valence-electron chi connectivity index (χ3n) is 1.25. The van der Waals surface area contributed by atoms with Crippen LogP contribution in [-0.2, 0) is 0 Å². The molecule has 0 heterocycles. The molecule has 68 valence electrons. The standard InChI is InChI=1S/C9H16N2O/c1-3-5-6-8-11-9(12)10-7-4-2/h4,6-8H2,1-2H3,(H2,10,11,12). The molecule has 0 aliphatic heterocycles. The number of hydrogen-bond acceptors (Lipinski definition) is 1. The van der Waals surface area contributed by atoms with Crippen molar-refractivity contribution in [1.82, 2.24) is 10.6 Å². The molecule has 0 aromatic heterocycles. The fourth-order valence-corrected chi connectivity index (χ4v) is 0.665. The molecular formula is C9H16N2O. The maximum atomic E-state index is 10.9. The SMILES string of the molecule is CC#CCCNC(=O)NCCC. The zero-order valence-corrected chi connectivity index (χ0v) is 7.74. The van der Waals surface area contributed by atoms with E-state index in [1.165, 1.54) is 0 Å². The van der Waals surface area contributed by atoms with Gasteiger partial charge in [0, 0.05) is 19.5 Å². The van der Waals surface area contributed by atoms with Crippen LogP contribution in [0.3, 0.4) is 0 Å². The van der Waals surface area contributed by atoms with Crippen molar-refractivity contribution < 1.29 is 4.79 Å². The molecule has 3 nitrogen and oxygen atoms in total. The van der Waals surface area contributed by atoms with Crippen molar-refractivity contribution in [3.05, 3.63) is 0 Å². The predicted octanol–water partition coefficient (Wildman–Crippen LogP) is 1.11. The molecule has 0 unspecified atom stereocenters. The molecule has 0 saturated heterocycles. The van der Waals surface area contributed by atoms with Gasteiger partial charge in [0.1, 0.15) is 0 Å². The van der Waals surface area contributed by atoms with Crippen LogP contribution < -0.4 is 10.6 Å². The van der Waals surface area contributed by atoms with Gasteiger partial charge in [-0.1, -0.05) is 6.92 Å². The lowest BCUT2D eigenvalue weighted by Gasteiger charge is -2.03. The molecule has 0 aliphatic rings. The highest BCUT2D eigenvalue weighted by atomic mass is 16.2. The quantitative estimate of drug-likeness (QED) is 0.479. The van der Waals surface area contributed by atoms with Gasteiger partial charge < -0.3 is 10.6 Å². The van der Waals surface area contributed by atoms with E-state index < -0.39 is 0 Å². The fraction of sp³-hybridized carbons (Fsp3) is 0.667. The summed E-state index contributed by atoms with van der Waals surface area (Å²) in [4.78, 5) is 10.9. The van der Waals surface area contributed by atoms with Crippen LogP contribution in [0.4, 0.5) is 4.79 Å². The van der Waals surface area contributed by atoms with Gasteiger partial charge in [-0.15, -0.1) is 11.8 Å². The number of rotatable bonds is 4. The first-order chi connectivity index (χ1) is 5.81. The van der Waals surface area contributed by atoms with Crippen molar-refractivity contribution in [3.8, 4) is 11.8 Å². The van der Waals surface area contributed by atoms with Crippen LogP contribution in [0.5, 0.6) is 0 Å². The van der Waals surface area contributed by atoms with Crippen LogP contribution >= 0.6 is 0 Å². The molecule has 0 fully saturated rings. The van der Waals surface area contributed by atoms with Crippen LogP contribution in [0, 0.1) is 11.8 Å². The number of urea groups is 1.